The van der Waals surface area contributed by atoms with Crippen LogP contribution in [0.5, 0.6) is 0 Å². The van der Waals surface area contributed by atoms with Gasteiger partial charge < -0.3 is 5.73 Å². The molecule has 1 nitrogen and oxygen atoms in total. The van der Waals surface area contributed by atoms with E-state index in [1.54, 1.807) is 0 Å². The first-order valence-corrected chi connectivity index (χ1v) is 6.14. The van der Waals surface area contributed by atoms with Gasteiger partial charge in [0.15, 0.2) is 0 Å². The van der Waals surface area contributed by atoms with Crippen molar-refractivity contribution in [2.45, 2.75) is 26.3 Å². The maximum Gasteiger partial charge on any atom is 0.0292 e. The molecule has 0 aliphatic heterocycles. The minimum absolute atomic E-state index is 0.154. The fraction of sp³-hybridized carbons (Fsp3) is 0.250. The largest absolute Gasteiger partial charge is 0.324 e. The molecule has 17 heavy (non-hydrogen) atoms. The highest BCUT2D eigenvalue weighted by Crippen LogP contribution is 2.24. The number of aryl methyl sites for hydroxylation is 1. The zero-order valence-electron chi connectivity index (χ0n) is 10.5. The molecular weight excluding hydrogens is 206 g/mol. The van der Waals surface area contributed by atoms with Crippen molar-refractivity contribution in [3.63, 3.8) is 0 Å². The van der Waals surface area contributed by atoms with Crippen LogP contribution in [0, 0.1) is 6.92 Å². The van der Waals surface area contributed by atoms with Gasteiger partial charge in [-0.25, -0.2) is 0 Å². The lowest BCUT2D eigenvalue weighted by atomic mass is 9.97. The van der Waals surface area contributed by atoms with Crippen LogP contribution >= 0.6 is 0 Å². The van der Waals surface area contributed by atoms with Crippen LogP contribution in [0.15, 0.2) is 48.5 Å². The molecule has 2 aromatic rings. The second kappa shape index (κ2) is 5.15. The number of hydrogen-bond acceptors (Lipinski definition) is 1. The summed E-state index contributed by atoms with van der Waals surface area (Å²) in [6, 6.07) is 17.2. The molecule has 0 spiro atoms. The minimum atomic E-state index is 0.154. The van der Waals surface area contributed by atoms with Gasteiger partial charge in [0, 0.05) is 6.04 Å². The molecule has 0 bridgehead atoms. The van der Waals surface area contributed by atoms with Crippen molar-refractivity contribution in [2.75, 3.05) is 0 Å². The average molecular weight is 225 g/mol. The second-order valence-corrected chi connectivity index (χ2v) is 4.45. The first-order chi connectivity index (χ1) is 8.22. The first-order valence-electron chi connectivity index (χ1n) is 6.14. The fourth-order valence-corrected chi connectivity index (χ4v) is 2.04. The summed E-state index contributed by atoms with van der Waals surface area (Å²) in [6.07, 6.45) is 0.976. The Morgan fingerprint density at radius 1 is 1.00 bits per heavy atom. The van der Waals surface area contributed by atoms with Crippen molar-refractivity contribution >= 4 is 0 Å². The van der Waals surface area contributed by atoms with Gasteiger partial charge in [0.05, 0.1) is 0 Å². The van der Waals surface area contributed by atoms with Crippen LogP contribution in [0.1, 0.15) is 30.5 Å². The van der Waals surface area contributed by atoms with Gasteiger partial charge in [-0.15, -0.1) is 0 Å². The predicted octanol–water partition coefficient (Wildman–Crippen LogP) is 4.07. The van der Waals surface area contributed by atoms with E-state index in [0.717, 1.165) is 6.42 Å². The Morgan fingerprint density at radius 3 is 2.24 bits per heavy atom. The Morgan fingerprint density at radius 2 is 1.65 bits per heavy atom. The monoisotopic (exact) mass is 225 g/mol. The van der Waals surface area contributed by atoms with Crippen molar-refractivity contribution in [2.24, 2.45) is 5.73 Å². The van der Waals surface area contributed by atoms with E-state index in [1.807, 2.05) is 0 Å². The van der Waals surface area contributed by atoms with E-state index >= 15 is 0 Å². The van der Waals surface area contributed by atoms with Gasteiger partial charge in [-0.2, -0.15) is 0 Å². The summed E-state index contributed by atoms with van der Waals surface area (Å²) in [6.45, 7) is 4.25. The molecule has 2 N–H and O–H groups in total. The average Bonchev–Trinajstić information content (AvgIpc) is 2.39. The van der Waals surface area contributed by atoms with E-state index in [4.69, 9.17) is 5.73 Å². The molecule has 1 heteroatoms. The summed E-state index contributed by atoms with van der Waals surface area (Å²) >= 11 is 0. The lowest BCUT2D eigenvalue weighted by Crippen LogP contribution is -2.08. The standard InChI is InChI=1S/C16H19N/c1-3-16(17)14-10-8-13(9-11-14)15-7-5-4-6-12(15)2/h4-11,16H,3,17H2,1-2H3. The van der Waals surface area contributed by atoms with Crippen molar-refractivity contribution in [1.82, 2.24) is 0 Å². The van der Waals surface area contributed by atoms with Crippen LogP contribution in [0.2, 0.25) is 0 Å². The molecule has 2 rings (SSSR count). The predicted molar refractivity (Wildman–Crippen MR) is 73.8 cm³/mol. The number of hydrogen-bond donors (Lipinski definition) is 1. The topological polar surface area (TPSA) is 26.0 Å². The molecule has 1 unspecified atom stereocenters. The third-order valence-corrected chi connectivity index (χ3v) is 3.23. The Bertz CT molecular complexity index is 485. The van der Waals surface area contributed by atoms with E-state index in [1.165, 1.54) is 22.3 Å². The van der Waals surface area contributed by atoms with Gasteiger partial charge in [0.25, 0.3) is 0 Å². The van der Waals surface area contributed by atoms with Gasteiger partial charge in [-0.1, -0.05) is 55.5 Å². The van der Waals surface area contributed by atoms with Gasteiger partial charge in [-0.3, -0.25) is 0 Å². The SMILES string of the molecule is CCC(N)c1ccc(-c2ccccc2C)cc1. The summed E-state index contributed by atoms with van der Waals surface area (Å²) < 4.78 is 0. The highest BCUT2D eigenvalue weighted by Gasteiger charge is 2.04. The molecule has 0 saturated carbocycles. The molecule has 0 aliphatic carbocycles. The Labute approximate surface area is 103 Å². The number of benzene rings is 2. The molecule has 0 radical (unpaired) electrons. The molecule has 0 saturated heterocycles. The van der Waals surface area contributed by atoms with Gasteiger partial charge in [0.1, 0.15) is 0 Å². The summed E-state index contributed by atoms with van der Waals surface area (Å²) in [4.78, 5) is 0. The maximum atomic E-state index is 6.01. The normalized spacial score (nSPS) is 12.4. The number of nitrogens with two attached hydrogens (primary N) is 1. The third-order valence-electron chi connectivity index (χ3n) is 3.23. The molecule has 0 amide bonds. The summed E-state index contributed by atoms with van der Waals surface area (Å²) in [7, 11) is 0. The van der Waals surface area contributed by atoms with Crippen LogP contribution < -0.4 is 5.73 Å². The van der Waals surface area contributed by atoms with Crippen molar-refractivity contribution in [1.29, 1.82) is 0 Å². The van der Waals surface area contributed by atoms with Crippen LogP contribution in [0.3, 0.4) is 0 Å². The number of rotatable bonds is 3. The van der Waals surface area contributed by atoms with E-state index in [-0.39, 0.29) is 6.04 Å². The molecule has 2 aromatic carbocycles. The second-order valence-electron chi connectivity index (χ2n) is 4.45. The smallest absolute Gasteiger partial charge is 0.0292 e. The molecule has 0 fully saturated rings. The van der Waals surface area contributed by atoms with Crippen molar-refractivity contribution < 1.29 is 0 Å². The quantitative estimate of drug-likeness (QED) is 0.837. The van der Waals surface area contributed by atoms with Crippen LogP contribution in [0.25, 0.3) is 11.1 Å². The molecule has 0 aromatic heterocycles. The lowest BCUT2D eigenvalue weighted by Gasteiger charge is -2.11. The molecular formula is C16H19N. The summed E-state index contributed by atoms with van der Waals surface area (Å²) in [5.74, 6) is 0. The highest BCUT2D eigenvalue weighted by atomic mass is 14.6. The molecule has 88 valence electrons. The van der Waals surface area contributed by atoms with Crippen LogP contribution in [0.4, 0.5) is 0 Å². The Kier molecular flexibility index (Phi) is 3.60. The van der Waals surface area contributed by atoms with E-state index < -0.39 is 0 Å². The van der Waals surface area contributed by atoms with Gasteiger partial charge >= 0.3 is 0 Å². The zero-order valence-corrected chi connectivity index (χ0v) is 10.5. The molecule has 1 atom stereocenters. The van der Waals surface area contributed by atoms with Crippen molar-refractivity contribution in [3.05, 3.63) is 59.7 Å². The zero-order chi connectivity index (χ0) is 12.3. The van der Waals surface area contributed by atoms with E-state index in [0.29, 0.717) is 0 Å². The van der Waals surface area contributed by atoms with Crippen molar-refractivity contribution in [3.8, 4) is 11.1 Å². The van der Waals surface area contributed by atoms with E-state index in [2.05, 4.69) is 62.4 Å². The van der Waals surface area contributed by atoms with E-state index in [9.17, 15) is 0 Å². The summed E-state index contributed by atoms with van der Waals surface area (Å²) in [5, 5.41) is 0. The Balaban J connectivity index is 2.33. The molecule has 0 aliphatic rings. The maximum absolute atomic E-state index is 6.01. The molecule has 0 heterocycles. The third kappa shape index (κ3) is 2.56. The van der Waals surface area contributed by atoms with Gasteiger partial charge in [0.2, 0.25) is 0 Å². The lowest BCUT2D eigenvalue weighted by molar-refractivity contribution is 0.699. The first kappa shape index (κ1) is 11.9. The van der Waals surface area contributed by atoms with Crippen LogP contribution in [-0.2, 0) is 0 Å². The minimum Gasteiger partial charge on any atom is -0.324 e. The highest BCUT2D eigenvalue weighted by molar-refractivity contribution is 5.67. The van der Waals surface area contributed by atoms with Crippen LogP contribution in [-0.4, -0.2) is 0 Å². The Hall–Kier alpha value is -1.60. The summed E-state index contributed by atoms with van der Waals surface area (Å²) in [5.41, 5.74) is 11.1. The van der Waals surface area contributed by atoms with Gasteiger partial charge in [-0.05, 0) is 35.6 Å². The fourth-order valence-electron chi connectivity index (χ4n) is 2.04.